The largest absolute Gasteiger partial charge is 0.461 e. The fraction of sp³-hybridized carbons (Fsp3) is 0.412. The minimum Gasteiger partial charge on any atom is -0.461 e. The zero-order chi connectivity index (χ0) is 17.1. The Hall–Kier alpha value is -2.28. The van der Waals surface area contributed by atoms with Crippen molar-refractivity contribution in [3.8, 4) is 0 Å². The molecule has 0 radical (unpaired) electrons. The first-order valence-corrected chi connectivity index (χ1v) is 7.94. The van der Waals surface area contributed by atoms with E-state index < -0.39 is 12.4 Å². The van der Waals surface area contributed by atoms with Crippen LogP contribution in [-0.2, 0) is 24.2 Å². The summed E-state index contributed by atoms with van der Waals surface area (Å²) in [5, 5.41) is 7.57. The summed E-state index contributed by atoms with van der Waals surface area (Å²) in [6.07, 6.45) is -1.85. The van der Waals surface area contributed by atoms with Crippen LogP contribution >= 0.6 is 0 Å². The topological polar surface area (TPSA) is 56.1 Å². The van der Waals surface area contributed by atoms with Crippen LogP contribution in [0.4, 0.5) is 8.78 Å². The van der Waals surface area contributed by atoms with E-state index in [2.05, 4.69) is 10.4 Å². The molecule has 7 heteroatoms. The molecule has 1 N–H and O–H groups in total. The molecule has 1 aromatic carbocycles. The van der Waals surface area contributed by atoms with Crippen molar-refractivity contribution in [2.75, 3.05) is 13.2 Å². The number of nitrogens with one attached hydrogen (secondary N) is 1. The quantitative estimate of drug-likeness (QED) is 0.854. The van der Waals surface area contributed by atoms with Gasteiger partial charge in [-0.05, 0) is 12.5 Å². The molecule has 1 aliphatic heterocycles. The molecule has 24 heavy (non-hydrogen) atoms. The highest BCUT2D eigenvalue weighted by Gasteiger charge is 2.26. The predicted octanol–water partition coefficient (Wildman–Crippen LogP) is 2.69. The molecule has 0 aliphatic carbocycles. The number of halogens is 2. The Bertz CT molecular complexity index is 743. The molecular weight excluding hydrogens is 316 g/mol. The van der Waals surface area contributed by atoms with Crippen LogP contribution in [0.25, 0.3) is 0 Å². The molecule has 128 valence electrons. The lowest BCUT2D eigenvalue weighted by atomic mass is 10.1. The number of nitrogens with zero attached hydrogens (tertiary/aromatic N) is 2. The lowest BCUT2D eigenvalue weighted by Gasteiger charge is -2.16. The zero-order valence-corrected chi connectivity index (χ0v) is 13.4. The number of esters is 1. The molecule has 3 rings (SSSR count). The van der Waals surface area contributed by atoms with Gasteiger partial charge in [-0.1, -0.05) is 24.3 Å². The van der Waals surface area contributed by atoms with Gasteiger partial charge >= 0.3 is 5.97 Å². The van der Waals surface area contributed by atoms with Crippen molar-refractivity contribution in [1.82, 2.24) is 15.1 Å². The minimum atomic E-state index is -2.54. The third-order valence-corrected chi connectivity index (χ3v) is 4.09. The van der Waals surface area contributed by atoms with Crippen LogP contribution in [-0.4, -0.2) is 28.9 Å². The molecule has 0 unspecified atom stereocenters. The summed E-state index contributed by atoms with van der Waals surface area (Å²) in [5.74, 6) is -0.474. The van der Waals surface area contributed by atoms with Gasteiger partial charge < -0.3 is 10.1 Å². The van der Waals surface area contributed by atoms with Crippen LogP contribution in [0.5, 0.6) is 0 Å². The summed E-state index contributed by atoms with van der Waals surface area (Å²) < 4.78 is 33.1. The SMILES string of the molecule is CCOC(=O)c1nn(Cc2ccccc2C(F)F)c2c1CNCC2. The number of fused-ring (bicyclic) bond motifs is 1. The van der Waals surface area contributed by atoms with Crippen molar-refractivity contribution in [1.29, 1.82) is 0 Å². The highest BCUT2D eigenvalue weighted by atomic mass is 19.3. The molecule has 0 saturated heterocycles. The van der Waals surface area contributed by atoms with Crippen LogP contribution in [0.3, 0.4) is 0 Å². The number of carbonyl (C=O) groups is 1. The van der Waals surface area contributed by atoms with Gasteiger partial charge in [-0.15, -0.1) is 0 Å². The fourth-order valence-corrected chi connectivity index (χ4v) is 2.97. The van der Waals surface area contributed by atoms with E-state index in [1.165, 1.54) is 6.07 Å². The van der Waals surface area contributed by atoms with Crippen molar-refractivity contribution in [2.24, 2.45) is 0 Å². The Labute approximate surface area is 138 Å². The van der Waals surface area contributed by atoms with Crippen molar-refractivity contribution in [3.63, 3.8) is 0 Å². The number of hydrogen-bond donors (Lipinski definition) is 1. The van der Waals surface area contributed by atoms with Crippen LogP contribution in [0, 0.1) is 0 Å². The van der Waals surface area contributed by atoms with Crippen LogP contribution < -0.4 is 5.32 Å². The Morgan fingerprint density at radius 3 is 2.96 bits per heavy atom. The molecule has 1 aliphatic rings. The summed E-state index contributed by atoms with van der Waals surface area (Å²) in [7, 11) is 0. The maximum absolute atomic E-state index is 13.2. The van der Waals surface area contributed by atoms with Gasteiger partial charge in [0.2, 0.25) is 0 Å². The van der Waals surface area contributed by atoms with Crippen LogP contribution in [0.2, 0.25) is 0 Å². The van der Waals surface area contributed by atoms with Crippen LogP contribution in [0.1, 0.15) is 46.2 Å². The number of carbonyl (C=O) groups excluding carboxylic acids is 1. The van der Waals surface area contributed by atoms with Crippen molar-refractivity contribution >= 4 is 5.97 Å². The second-order valence-corrected chi connectivity index (χ2v) is 5.58. The van der Waals surface area contributed by atoms with Gasteiger partial charge in [-0.2, -0.15) is 5.10 Å². The smallest absolute Gasteiger partial charge is 0.359 e. The number of aromatic nitrogens is 2. The predicted molar refractivity (Wildman–Crippen MR) is 84.1 cm³/mol. The van der Waals surface area contributed by atoms with Gasteiger partial charge in [-0.25, -0.2) is 13.6 Å². The normalized spacial score (nSPS) is 13.8. The second kappa shape index (κ2) is 7.09. The highest BCUT2D eigenvalue weighted by Crippen LogP contribution is 2.25. The molecule has 2 aromatic rings. The second-order valence-electron chi connectivity index (χ2n) is 5.58. The number of hydrogen-bond acceptors (Lipinski definition) is 4. The third-order valence-electron chi connectivity index (χ3n) is 4.09. The molecule has 5 nitrogen and oxygen atoms in total. The van der Waals surface area contributed by atoms with Gasteiger partial charge in [0.1, 0.15) is 0 Å². The van der Waals surface area contributed by atoms with E-state index in [0.717, 1.165) is 17.8 Å². The van der Waals surface area contributed by atoms with Gasteiger partial charge in [0, 0.05) is 36.3 Å². The molecule has 0 fully saturated rings. The molecule has 0 amide bonds. The lowest BCUT2D eigenvalue weighted by molar-refractivity contribution is 0.0517. The van der Waals surface area contributed by atoms with Crippen molar-refractivity contribution < 1.29 is 18.3 Å². The van der Waals surface area contributed by atoms with E-state index in [9.17, 15) is 13.6 Å². The van der Waals surface area contributed by atoms with Gasteiger partial charge in [0.25, 0.3) is 6.43 Å². The maximum atomic E-state index is 13.2. The molecule has 0 spiro atoms. The van der Waals surface area contributed by atoms with Gasteiger partial charge in [0.05, 0.1) is 13.2 Å². The number of ether oxygens (including phenoxy) is 1. The summed E-state index contributed by atoms with van der Waals surface area (Å²) >= 11 is 0. The Balaban J connectivity index is 1.98. The molecule has 0 bridgehead atoms. The van der Waals surface area contributed by atoms with E-state index in [4.69, 9.17) is 4.74 Å². The zero-order valence-electron chi connectivity index (χ0n) is 13.4. The number of rotatable bonds is 5. The first-order chi connectivity index (χ1) is 11.6. The first-order valence-electron chi connectivity index (χ1n) is 7.94. The van der Waals surface area contributed by atoms with E-state index in [1.54, 1.807) is 29.8 Å². The molecule has 0 atom stereocenters. The third kappa shape index (κ3) is 3.17. The average Bonchev–Trinajstić information content (AvgIpc) is 2.94. The average molecular weight is 335 g/mol. The van der Waals surface area contributed by atoms with Crippen molar-refractivity contribution in [3.05, 3.63) is 52.3 Å². The summed E-state index contributed by atoms with van der Waals surface area (Å²) in [4.78, 5) is 12.1. The van der Waals surface area contributed by atoms with Gasteiger partial charge in [0.15, 0.2) is 5.69 Å². The first kappa shape index (κ1) is 16.6. The monoisotopic (exact) mass is 335 g/mol. The van der Waals surface area contributed by atoms with E-state index >= 15 is 0 Å². The standard InChI is InChI=1S/C17H19F2N3O2/c1-2-24-17(23)15-13-9-20-8-7-14(13)22(21-15)10-11-5-3-4-6-12(11)16(18)19/h3-6,16,20H,2,7-10H2,1H3. The Morgan fingerprint density at radius 2 is 2.21 bits per heavy atom. The Morgan fingerprint density at radius 1 is 1.42 bits per heavy atom. The summed E-state index contributed by atoms with van der Waals surface area (Å²) in [5.41, 5.74) is 2.48. The fourth-order valence-electron chi connectivity index (χ4n) is 2.97. The maximum Gasteiger partial charge on any atom is 0.359 e. The molecule has 2 heterocycles. The van der Waals surface area contributed by atoms with Crippen molar-refractivity contribution in [2.45, 2.75) is 32.9 Å². The number of benzene rings is 1. The molecule has 1 aromatic heterocycles. The van der Waals surface area contributed by atoms with E-state index in [1.807, 2.05) is 0 Å². The number of alkyl halides is 2. The minimum absolute atomic E-state index is 0.00614. The summed E-state index contributed by atoms with van der Waals surface area (Å²) in [6.45, 7) is 3.50. The van der Waals surface area contributed by atoms with Gasteiger partial charge in [-0.3, -0.25) is 4.68 Å². The highest BCUT2D eigenvalue weighted by molar-refractivity contribution is 5.89. The Kier molecular flexibility index (Phi) is 4.89. The lowest BCUT2D eigenvalue weighted by Crippen LogP contribution is -2.26. The molecule has 0 saturated carbocycles. The summed E-state index contributed by atoms with van der Waals surface area (Å²) in [6, 6.07) is 6.41. The van der Waals surface area contributed by atoms with Crippen LogP contribution in [0.15, 0.2) is 24.3 Å². The molecular formula is C17H19F2N3O2. The van der Waals surface area contributed by atoms with E-state index in [-0.39, 0.29) is 24.4 Å². The van der Waals surface area contributed by atoms with E-state index in [0.29, 0.717) is 18.5 Å².